The first-order valence-electron chi connectivity index (χ1n) is 15.5. The van der Waals surface area contributed by atoms with Crippen LogP contribution in [0.25, 0.3) is 0 Å². The Labute approximate surface area is 293 Å². The van der Waals surface area contributed by atoms with Gasteiger partial charge < -0.3 is 14.5 Å². The molecule has 0 aliphatic carbocycles. The number of terminal acetylenes is 1. The number of amides is 3. The predicted molar refractivity (Wildman–Crippen MR) is 191 cm³/mol. The van der Waals surface area contributed by atoms with Gasteiger partial charge in [-0.3, -0.25) is 19.6 Å². The fourth-order valence-electron chi connectivity index (χ4n) is 5.77. The van der Waals surface area contributed by atoms with Crippen LogP contribution in [0.4, 0.5) is 4.79 Å². The number of hydrogen-bond acceptors (Lipinski definition) is 5. The van der Waals surface area contributed by atoms with Gasteiger partial charge in [0, 0.05) is 54.9 Å². The molecule has 1 saturated heterocycles. The molecule has 3 amide bonds. The highest BCUT2D eigenvalue weighted by atomic mass is 35.5. The van der Waals surface area contributed by atoms with Gasteiger partial charge in [0.1, 0.15) is 17.6 Å². The number of halogens is 3. The van der Waals surface area contributed by atoms with Crippen molar-refractivity contribution in [3.8, 4) is 18.1 Å². The fraction of sp³-hybridized carbons (Fsp3) is 0.361. The van der Waals surface area contributed by atoms with Crippen molar-refractivity contribution in [3.63, 3.8) is 0 Å². The summed E-state index contributed by atoms with van der Waals surface area (Å²) in [6.45, 7) is 8.72. The molecule has 8 nitrogen and oxygen atoms in total. The van der Waals surface area contributed by atoms with Gasteiger partial charge in [-0.2, -0.15) is 0 Å². The average Bonchev–Trinajstić information content (AvgIpc) is 3.45. The van der Waals surface area contributed by atoms with Gasteiger partial charge >= 0.3 is 6.03 Å². The van der Waals surface area contributed by atoms with Crippen molar-refractivity contribution in [2.24, 2.45) is 4.99 Å². The molecule has 248 valence electrons. The number of hydrogen-bond donors (Lipinski definition) is 0. The van der Waals surface area contributed by atoms with E-state index in [4.69, 9.17) is 39.4 Å². The second kappa shape index (κ2) is 15.9. The van der Waals surface area contributed by atoms with E-state index >= 15 is 0 Å². The van der Waals surface area contributed by atoms with E-state index in [9.17, 15) is 9.59 Å². The number of benzene rings is 3. The lowest BCUT2D eigenvalue weighted by atomic mass is 9.93. The number of rotatable bonds is 8. The minimum absolute atomic E-state index is 0. The van der Waals surface area contributed by atoms with E-state index in [1.54, 1.807) is 15.9 Å². The van der Waals surface area contributed by atoms with E-state index in [1.807, 2.05) is 93.4 Å². The van der Waals surface area contributed by atoms with Crippen LogP contribution in [0.2, 0.25) is 10.0 Å². The van der Waals surface area contributed by atoms with Crippen LogP contribution in [0, 0.1) is 12.3 Å². The molecule has 1 fully saturated rings. The molecule has 3 aromatic carbocycles. The Balaban J connectivity index is 0.00000500. The molecule has 3 aromatic rings. The lowest BCUT2D eigenvalue weighted by Crippen LogP contribution is -2.55. The summed E-state index contributed by atoms with van der Waals surface area (Å²) in [6, 6.07) is 19.6. The molecule has 0 unspecified atom stereocenters. The maximum Gasteiger partial charge on any atom is 0.326 e. The molecular formula is C36H40Cl3N5O3. The molecule has 11 heteroatoms. The molecule has 47 heavy (non-hydrogen) atoms. The van der Waals surface area contributed by atoms with Gasteiger partial charge in [0.15, 0.2) is 0 Å². The van der Waals surface area contributed by atoms with Gasteiger partial charge in [0.25, 0.3) is 0 Å². The average molecular weight is 697 g/mol. The molecule has 0 aromatic heterocycles. The highest BCUT2D eigenvalue weighted by Gasteiger charge is 2.45. The smallest absolute Gasteiger partial charge is 0.326 e. The third-order valence-electron chi connectivity index (χ3n) is 8.55. The van der Waals surface area contributed by atoms with Crippen molar-refractivity contribution in [2.45, 2.75) is 38.9 Å². The third kappa shape index (κ3) is 8.05. The molecule has 0 N–H and O–H groups in total. The van der Waals surface area contributed by atoms with Crippen molar-refractivity contribution in [2.75, 3.05) is 46.4 Å². The number of aliphatic imine (C=N–C) groups is 1. The lowest BCUT2D eigenvalue weighted by Gasteiger charge is -2.39. The largest absolute Gasteiger partial charge is 0.493 e. The molecular weight excluding hydrogens is 657 g/mol. The maximum atomic E-state index is 14.7. The molecule has 2 atom stereocenters. The first-order chi connectivity index (χ1) is 22.1. The van der Waals surface area contributed by atoms with Crippen LogP contribution in [0.3, 0.4) is 0 Å². The summed E-state index contributed by atoms with van der Waals surface area (Å²) in [7, 11) is 1.82. The number of piperazine rings is 1. The number of carbonyl (C=O) groups is 2. The van der Waals surface area contributed by atoms with Crippen LogP contribution in [0.1, 0.15) is 55.1 Å². The Kier molecular flexibility index (Phi) is 12.2. The van der Waals surface area contributed by atoms with Gasteiger partial charge in [-0.05, 0) is 74.4 Å². The van der Waals surface area contributed by atoms with Gasteiger partial charge in [-0.25, -0.2) is 4.79 Å². The molecule has 0 spiro atoms. The Morgan fingerprint density at radius 3 is 2.13 bits per heavy atom. The number of amidine groups is 1. The first kappa shape index (κ1) is 36.1. The Morgan fingerprint density at radius 1 is 0.979 bits per heavy atom. The zero-order chi connectivity index (χ0) is 33.0. The van der Waals surface area contributed by atoms with E-state index < -0.39 is 12.1 Å². The third-order valence-corrected chi connectivity index (χ3v) is 9.06. The Bertz CT molecular complexity index is 1630. The molecule has 0 radical (unpaired) electrons. The van der Waals surface area contributed by atoms with Crippen LogP contribution in [0.5, 0.6) is 5.75 Å². The number of nitrogens with zero attached hydrogens (tertiary/aromatic N) is 5. The summed E-state index contributed by atoms with van der Waals surface area (Å²) in [5.41, 5.74) is 3.13. The number of carbonyl (C=O) groups excluding carboxylic acids is 2. The van der Waals surface area contributed by atoms with E-state index in [0.717, 1.165) is 11.1 Å². The number of likely N-dealkylation sites (N-methyl/N-ethyl adjacent to an activating group) is 1. The van der Waals surface area contributed by atoms with Gasteiger partial charge in [-0.15, -0.1) is 18.8 Å². The molecule has 2 heterocycles. The monoisotopic (exact) mass is 695 g/mol. The minimum Gasteiger partial charge on any atom is -0.493 e. The summed E-state index contributed by atoms with van der Waals surface area (Å²) >= 11 is 12.6. The SMILES string of the molecule is C#Cc1ccc(C2=N[C@@H](c3ccc(Cl)cc3)[C@@H](c3ccc(Cl)cc3)N2C(=O)N2CCN(CC(=O)N(C)C(C)C)CC2)c(OCC)c1.Cl. The first-order valence-corrected chi connectivity index (χ1v) is 16.3. The van der Waals surface area contributed by atoms with Crippen molar-refractivity contribution in [1.82, 2.24) is 19.6 Å². The molecule has 2 aliphatic heterocycles. The standard InChI is InChI=1S/C36H39Cl2N5O3.ClH/c1-6-25-8-17-30(31(22-25)46-7-2)35-39-33(26-9-13-28(37)14-10-26)34(27-11-15-29(38)16-12-27)43(35)36(45)42-20-18-41(19-21-42)23-32(44)40(5)24(3)4;/h1,8-17,22,24,33-34H,7,18-21,23H2,2-5H3;1H/t33-,34+;/m0./s1. The lowest BCUT2D eigenvalue weighted by molar-refractivity contribution is -0.132. The van der Waals surface area contributed by atoms with E-state index in [0.29, 0.717) is 72.1 Å². The van der Waals surface area contributed by atoms with Crippen LogP contribution in [0.15, 0.2) is 71.7 Å². The summed E-state index contributed by atoms with van der Waals surface area (Å²) < 4.78 is 6.06. The summed E-state index contributed by atoms with van der Waals surface area (Å²) in [5.74, 6) is 3.79. The van der Waals surface area contributed by atoms with Crippen LogP contribution in [-0.4, -0.2) is 89.8 Å². The van der Waals surface area contributed by atoms with Crippen molar-refractivity contribution in [3.05, 3.63) is 99.0 Å². The van der Waals surface area contributed by atoms with Crippen LogP contribution >= 0.6 is 35.6 Å². The fourth-order valence-corrected chi connectivity index (χ4v) is 6.02. The Hall–Kier alpha value is -3.74. The van der Waals surface area contributed by atoms with Crippen molar-refractivity contribution < 1.29 is 14.3 Å². The predicted octanol–water partition coefficient (Wildman–Crippen LogP) is 6.94. The van der Waals surface area contributed by atoms with Gasteiger partial charge in [0.05, 0.1) is 24.8 Å². The van der Waals surface area contributed by atoms with E-state index in [2.05, 4.69) is 10.8 Å². The van der Waals surface area contributed by atoms with E-state index in [-0.39, 0.29) is 30.4 Å². The number of ether oxygens (including phenoxy) is 1. The number of urea groups is 1. The van der Waals surface area contributed by atoms with Crippen LogP contribution < -0.4 is 4.74 Å². The zero-order valence-electron chi connectivity index (χ0n) is 27.0. The van der Waals surface area contributed by atoms with E-state index in [1.165, 1.54) is 0 Å². The molecule has 0 bridgehead atoms. The summed E-state index contributed by atoms with van der Waals surface area (Å²) in [6.07, 6.45) is 5.73. The Morgan fingerprint density at radius 2 is 1.57 bits per heavy atom. The molecule has 2 aliphatic rings. The highest BCUT2D eigenvalue weighted by Crippen LogP contribution is 2.45. The second-order valence-electron chi connectivity index (χ2n) is 11.7. The summed E-state index contributed by atoms with van der Waals surface area (Å²) in [5, 5.41) is 1.21. The van der Waals surface area contributed by atoms with Gasteiger partial charge in [0.2, 0.25) is 5.91 Å². The second-order valence-corrected chi connectivity index (χ2v) is 12.6. The van der Waals surface area contributed by atoms with Crippen LogP contribution in [-0.2, 0) is 4.79 Å². The minimum atomic E-state index is -0.484. The van der Waals surface area contributed by atoms with Gasteiger partial charge in [-0.1, -0.05) is 53.4 Å². The normalized spacial score (nSPS) is 18.0. The van der Waals surface area contributed by atoms with Crippen molar-refractivity contribution >= 4 is 53.4 Å². The highest BCUT2D eigenvalue weighted by molar-refractivity contribution is 6.30. The molecule has 5 rings (SSSR count). The molecule has 0 saturated carbocycles. The topological polar surface area (TPSA) is 68.7 Å². The maximum absolute atomic E-state index is 14.7. The quantitative estimate of drug-likeness (QED) is 0.239. The zero-order valence-corrected chi connectivity index (χ0v) is 29.4. The van der Waals surface area contributed by atoms with Crippen molar-refractivity contribution in [1.29, 1.82) is 0 Å². The summed E-state index contributed by atoms with van der Waals surface area (Å²) in [4.78, 5) is 40.2.